The van der Waals surface area contributed by atoms with E-state index in [0.29, 0.717) is 42.4 Å². The van der Waals surface area contributed by atoms with E-state index >= 15 is 0 Å². The van der Waals surface area contributed by atoms with Gasteiger partial charge in [-0.05, 0) is 20.3 Å². The zero-order valence-electron chi connectivity index (χ0n) is 17.8. The first kappa shape index (κ1) is 20.7. The third-order valence-electron chi connectivity index (χ3n) is 5.61. The molecule has 1 N–H and O–H groups in total. The predicted octanol–water partition coefficient (Wildman–Crippen LogP) is 2.98. The van der Waals surface area contributed by atoms with E-state index in [-0.39, 0.29) is 6.10 Å². The molecule has 3 heterocycles. The van der Waals surface area contributed by atoms with Crippen molar-refractivity contribution in [2.45, 2.75) is 45.9 Å². The largest absolute Gasteiger partial charge is 0.419 e. The van der Waals surface area contributed by atoms with Gasteiger partial charge >= 0.3 is 0 Å². The van der Waals surface area contributed by atoms with E-state index in [1.165, 1.54) is 0 Å². The van der Waals surface area contributed by atoms with Crippen LogP contribution < -0.4 is 0 Å². The van der Waals surface area contributed by atoms with Gasteiger partial charge in [0.25, 0.3) is 5.89 Å². The Morgan fingerprint density at radius 1 is 1.20 bits per heavy atom. The molecular formula is C22H29N5O3. The molecule has 4 rings (SSSR count). The third kappa shape index (κ3) is 4.45. The quantitative estimate of drug-likeness (QED) is 0.634. The average Bonchev–Trinajstić information content (AvgIpc) is 3.35. The van der Waals surface area contributed by atoms with Gasteiger partial charge in [-0.15, -0.1) is 10.2 Å². The first-order chi connectivity index (χ1) is 14.5. The van der Waals surface area contributed by atoms with Gasteiger partial charge in [-0.2, -0.15) is 0 Å². The summed E-state index contributed by atoms with van der Waals surface area (Å²) in [7, 11) is 0. The summed E-state index contributed by atoms with van der Waals surface area (Å²) in [5, 5.41) is 22.5. The van der Waals surface area contributed by atoms with E-state index in [2.05, 4.69) is 32.1 Å². The van der Waals surface area contributed by atoms with Gasteiger partial charge in [0.1, 0.15) is 17.0 Å². The standard InChI is InChI=1S/C22H29N5O3/c1-4-18-13-26(10-11-27(18)12-15(2)28)14-19-23-24-22(29-19)20-16(3)30-25-21(20)17-8-6-5-7-9-17/h5-9,15,18,28H,4,10-14H2,1-3H3. The Hall–Kier alpha value is -2.55. The Bertz CT molecular complexity index is 953. The van der Waals surface area contributed by atoms with E-state index in [4.69, 9.17) is 8.94 Å². The highest BCUT2D eigenvalue weighted by molar-refractivity contribution is 5.77. The molecule has 0 spiro atoms. The van der Waals surface area contributed by atoms with Crippen LogP contribution in [0.2, 0.25) is 0 Å². The average molecular weight is 412 g/mol. The van der Waals surface area contributed by atoms with Crippen molar-refractivity contribution in [3.05, 3.63) is 42.0 Å². The lowest BCUT2D eigenvalue weighted by Gasteiger charge is -2.41. The molecule has 1 saturated heterocycles. The van der Waals surface area contributed by atoms with Crippen LogP contribution in [-0.4, -0.2) is 68.6 Å². The molecule has 30 heavy (non-hydrogen) atoms. The monoisotopic (exact) mass is 411 g/mol. The molecule has 8 heteroatoms. The molecule has 2 aromatic heterocycles. The highest BCUT2D eigenvalue weighted by Crippen LogP contribution is 2.33. The van der Waals surface area contributed by atoms with Crippen molar-refractivity contribution >= 4 is 0 Å². The van der Waals surface area contributed by atoms with E-state index < -0.39 is 0 Å². The summed E-state index contributed by atoms with van der Waals surface area (Å²) >= 11 is 0. The predicted molar refractivity (Wildman–Crippen MR) is 113 cm³/mol. The van der Waals surface area contributed by atoms with E-state index in [0.717, 1.165) is 37.2 Å². The lowest BCUT2D eigenvalue weighted by Crippen LogP contribution is -2.54. The fourth-order valence-corrected chi connectivity index (χ4v) is 4.09. The van der Waals surface area contributed by atoms with Gasteiger partial charge in [-0.1, -0.05) is 42.4 Å². The Labute approximate surface area is 176 Å². The maximum Gasteiger partial charge on any atom is 0.253 e. The van der Waals surface area contributed by atoms with Crippen LogP contribution in [0.25, 0.3) is 22.7 Å². The summed E-state index contributed by atoms with van der Waals surface area (Å²) in [6.07, 6.45) is 0.730. The van der Waals surface area contributed by atoms with E-state index in [1.807, 2.05) is 44.2 Å². The molecule has 0 saturated carbocycles. The lowest BCUT2D eigenvalue weighted by atomic mass is 10.1. The smallest absolute Gasteiger partial charge is 0.253 e. The summed E-state index contributed by atoms with van der Waals surface area (Å²) in [4.78, 5) is 4.70. The maximum atomic E-state index is 9.74. The minimum absolute atomic E-state index is 0.310. The Kier molecular flexibility index (Phi) is 6.26. The van der Waals surface area contributed by atoms with Crippen LogP contribution in [0.5, 0.6) is 0 Å². The second-order valence-electron chi connectivity index (χ2n) is 7.97. The summed E-state index contributed by atoms with van der Waals surface area (Å²) < 4.78 is 11.4. The first-order valence-electron chi connectivity index (χ1n) is 10.5. The van der Waals surface area contributed by atoms with Crippen LogP contribution in [0.15, 0.2) is 39.3 Å². The molecular weight excluding hydrogens is 382 g/mol. The van der Waals surface area contributed by atoms with Crippen LogP contribution in [0, 0.1) is 6.92 Å². The Morgan fingerprint density at radius 3 is 2.73 bits per heavy atom. The second kappa shape index (κ2) is 9.07. The van der Waals surface area contributed by atoms with Crippen LogP contribution in [0.3, 0.4) is 0 Å². The number of aliphatic hydroxyl groups excluding tert-OH is 1. The molecule has 160 valence electrons. The number of aryl methyl sites for hydroxylation is 1. The number of rotatable bonds is 7. The molecule has 2 atom stereocenters. The molecule has 0 amide bonds. The van der Waals surface area contributed by atoms with Gasteiger partial charge < -0.3 is 14.0 Å². The van der Waals surface area contributed by atoms with Crippen molar-refractivity contribution in [2.24, 2.45) is 0 Å². The van der Waals surface area contributed by atoms with Crippen molar-refractivity contribution in [1.82, 2.24) is 25.2 Å². The molecule has 0 aliphatic carbocycles. The second-order valence-corrected chi connectivity index (χ2v) is 7.97. The lowest BCUT2D eigenvalue weighted by molar-refractivity contribution is 0.0309. The molecule has 1 aliphatic rings. The van der Waals surface area contributed by atoms with Gasteiger partial charge in [0.2, 0.25) is 5.89 Å². The molecule has 0 bridgehead atoms. The summed E-state index contributed by atoms with van der Waals surface area (Å²) in [5.41, 5.74) is 2.40. The molecule has 1 aromatic carbocycles. The van der Waals surface area contributed by atoms with Crippen LogP contribution in [-0.2, 0) is 6.54 Å². The van der Waals surface area contributed by atoms with Gasteiger partial charge in [0.05, 0.1) is 12.6 Å². The maximum absolute atomic E-state index is 9.74. The van der Waals surface area contributed by atoms with Crippen molar-refractivity contribution < 1.29 is 14.0 Å². The minimum atomic E-state index is -0.310. The number of piperazine rings is 1. The van der Waals surface area contributed by atoms with Gasteiger partial charge in [0, 0.05) is 37.8 Å². The number of β-amino-alcohol motifs (C(OH)–C–C–N with tert-alkyl or cyclic N) is 1. The molecule has 3 aromatic rings. The minimum Gasteiger partial charge on any atom is -0.419 e. The molecule has 1 aliphatic heterocycles. The number of aromatic nitrogens is 3. The van der Waals surface area contributed by atoms with Crippen LogP contribution >= 0.6 is 0 Å². The van der Waals surface area contributed by atoms with Crippen LogP contribution in [0.1, 0.15) is 31.9 Å². The van der Waals surface area contributed by atoms with E-state index in [9.17, 15) is 5.11 Å². The fourth-order valence-electron chi connectivity index (χ4n) is 4.09. The zero-order chi connectivity index (χ0) is 21.1. The molecule has 2 unspecified atom stereocenters. The van der Waals surface area contributed by atoms with Crippen molar-refractivity contribution in [2.75, 3.05) is 26.2 Å². The number of benzene rings is 1. The topological polar surface area (TPSA) is 91.7 Å². The SMILES string of the molecule is CCC1CN(Cc2nnc(-c3c(-c4ccccc4)noc3C)o2)CCN1CC(C)O. The van der Waals surface area contributed by atoms with Gasteiger partial charge in [-0.3, -0.25) is 9.80 Å². The Balaban J connectivity index is 1.48. The first-order valence-corrected chi connectivity index (χ1v) is 10.5. The summed E-state index contributed by atoms with van der Waals surface area (Å²) in [5.74, 6) is 1.67. The number of aliphatic hydroxyl groups is 1. The van der Waals surface area contributed by atoms with Crippen molar-refractivity contribution in [3.8, 4) is 22.7 Å². The molecule has 1 fully saturated rings. The third-order valence-corrected chi connectivity index (χ3v) is 5.61. The normalized spacial score (nSPS) is 19.3. The van der Waals surface area contributed by atoms with Crippen molar-refractivity contribution in [3.63, 3.8) is 0 Å². The number of hydrogen-bond donors (Lipinski definition) is 1. The number of hydrogen-bond acceptors (Lipinski definition) is 8. The van der Waals surface area contributed by atoms with Gasteiger partial charge in [-0.25, -0.2) is 0 Å². The van der Waals surface area contributed by atoms with Crippen LogP contribution in [0.4, 0.5) is 0 Å². The molecule has 0 radical (unpaired) electrons. The summed E-state index contributed by atoms with van der Waals surface area (Å²) in [6.45, 7) is 9.95. The number of nitrogens with zero attached hydrogens (tertiary/aromatic N) is 5. The van der Waals surface area contributed by atoms with E-state index in [1.54, 1.807) is 0 Å². The fraction of sp³-hybridized carbons (Fsp3) is 0.500. The molecule has 8 nitrogen and oxygen atoms in total. The highest BCUT2D eigenvalue weighted by Gasteiger charge is 2.28. The van der Waals surface area contributed by atoms with Crippen molar-refractivity contribution in [1.29, 1.82) is 0 Å². The zero-order valence-corrected chi connectivity index (χ0v) is 17.8. The highest BCUT2D eigenvalue weighted by atomic mass is 16.5. The van der Waals surface area contributed by atoms with Gasteiger partial charge in [0.15, 0.2) is 0 Å². The Morgan fingerprint density at radius 2 is 2.00 bits per heavy atom. The summed E-state index contributed by atoms with van der Waals surface area (Å²) in [6, 6.07) is 10.3.